The van der Waals surface area contributed by atoms with Gasteiger partial charge in [0.2, 0.25) is 0 Å². The molecule has 1 aromatic heterocycles. The number of halogens is 1. The number of carbonyl (C=O) groups is 1. The summed E-state index contributed by atoms with van der Waals surface area (Å²) in [6.45, 7) is 1.95. The summed E-state index contributed by atoms with van der Waals surface area (Å²) < 4.78 is 3.23. The normalized spacial score (nSPS) is 11.9. The van der Waals surface area contributed by atoms with E-state index in [-0.39, 0.29) is 11.9 Å². The molecule has 0 spiro atoms. The first-order valence-electron chi connectivity index (χ1n) is 7.48. The van der Waals surface area contributed by atoms with Crippen molar-refractivity contribution in [3.63, 3.8) is 0 Å². The van der Waals surface area contributed by atoms with Crippen LogP contribution in [0.3, 0.4) is 0 Å². The lowest BCUT2D eigenvalue weighted by Crippen LogP contribution is -2.28. The monoisotopic (exact) mass is 401 g/mol. The molecule has 1 amide bonds. The minimum absolute atomic E-state index is 0.113. The highest BCUT2D eigenvalue weighted by molar-refractivity contribution is 9.10. The smallest absolute Gasteiger partial charge is 0.270 e. The molecule has 6 heteroatoms. The van der Waals surface area contributed by atoms with Gasteiger partial charge in [-0.25, -0.2) is 0 Å². The highest BCUT2D eigenvalue weighted by Crippen LogP contribution is 2.18. The molecule has 24 heavy (non-hydrogen) atoms. The number of carbonyl (C=O) groups excluding carboxylic acids is 1. The fourth-order valence-electron chi connectivity index (χ4n) is 2.47. The average Bonchev–Trinajstić information content (AvgIpc) is 2.98. The zero-order valence-electron chi connectivity index (χ0n) is 13.0. The maximum atomic E-state index is 12.7. The zero-order valence-corrected chi connectivity index (χ0v) is 15.4. The Morgan fingerprint density at radius 2 is 1.83 bits per heavy atom. The number of aromatic amines is 1. The fraction of sp³-hybridized carbons (Fsp3) is 0.111. The predicted octanol–water partition coefficient (Wildman–Crippen LogP) is 4.79. The molecule has 2 N–H and O–H groups in total. The molecule has 0 aliphatic rings. The van der Waals surface area contributed by atoms with Crippen LogP contribution in [0.25, 0.3) is 5.69 Å². The molecule has 122 valence electrons. The van der Waals surface area contributed by atoms with E-state index in [4.69, 9.17) is 12.2 Å². The molecule has 1 atom stereocenters. The van der Waals surface area contributed by atoms with Gasteiger partial charge in [0.05, 0.1) is 6.04 Å². The average molecular weight is 402 g/mol. The fourth-order valence-corrected chi connectivity index (χ4v) is 3.00. The Bertz CT molecular complexity index is 900. The van der Waals surface area contributed by atoms with Crippen molar-refractivity contribution in [1.29, 1.82) is 0 Å². The standard InChI is InChI=1S/C18H16BrN3OS/c1-12(13-7-9-14(19)10-8-13)21-17(23)16-11-20-18(24)22(16)15-5-3-2-4-6-15/h2-12H,1H3,(H,20,24)(H,21,23). The maximum Gasteiger partial charge on any atom is 0.270 e. The number of nitrogens with zero attached hydrogens (tertiary/aromatic N) is 1. The summed E-state index contributed by atoms with van der Waals surface area (Å²) in [5, 5.41) is 3.01. The number of H-pyrrole nitrogens is 1. The Balaban J connectivity index is 1.86. The Morgan fingerprint density at radius 1 is 1.17 bits per heavy atom. The summed E-state index contributed by atoms with van der Waals surface area (Å²) in [6, 6.07) is 17.3. The third-order valence-corrected chi connectivity index (χ3v) is 4.57. The van der Waals surface area contributed by atoms with E-state index in [1.807, 2.05) is 61.5 Å². The van der Waals surface area contributed by atoms with Crippen LogP contribution >= 0.6 is 28.1 Å². The van der Waals surface area contributed by atoms with E-state index in [2.05, 4.69) is 26.2 Å². The molecule has 3 aromatic rings. The van der Waals surface area contributed by atoms with Gasteiger partial charge in [-0.05, 0) is 49.0 Å². The molecule has 0 aliphatic carbocycles. The quantitative estimate of drug-likeness (QED) is 0.617. The van der Waals surface area contributed by atoms with Crippen LogP contribution in [-0.4, -0.2) is 15.5 Å². The summed E-state index contributed by atoms with van der Waals surface area (Å²) in [7, 11) is 0. The first-order valence-corrected chi connectivity index (χ1v) is 8.68. The van der Waals surface area contributed by atoms with Gasteiger partial charge >= 0.3 is 0 Å². The minimum atomic E-state index is -0.179. The van der Waals surface area contributed by atoms with Gasteiger partial charge < -0.3 is 10.3 Å². The van der Waals surface area contributed by atoms with Crippen LogP contribution in [0.15, 0.2) is 65.3 Å². The van der Waals surface area contributed by atoms with Gasteiger partial charge in [-0.1, -0.05) is 46.3 Å². The molecule has 0 saturated heterocycles. The van der Waals surface area contributed by atoms with Crippen molar-refractivity contribution in [1.82, 2.24) is 14.9 Å². The van der Waals surface area contributed by atoms with Crippen molar-refractivity contribution in [3.05, 3.63) is 81.3 Å². The van der Waals surface area contributed by atoms with Gasteiger partial charge in [0.25, 0.3) is 5.91 Å². The summed E-state index contributed by atoms with van der Waals surface area (Å²) in [6.07, 6.45) is 1.64. The SMILES string of the molecule is CC(NC(=O)c1c[nH]c(=S)n1-c1ccccc1)c1ccc(Br)cc1. The van der Waals surface area contributed by atoms with E-state index in [1.165, 1.54) is 0 Å². The van der Waals surface area contributed by atoms with Gasteiger partial charge in [0.15, 0.2) is 4.77 Å². The van der Waals surface area contributed by atoms with E-state index in [0.29, 0.717) is 10.5 Å². The number of benzene rings is 2. The molecule has 1 heterocycles. The topological polar surface area (TPSA) is 49.8 Å². The lowest BCUT2D eigenvalue weighted by Gasteiger charge is -2.15. The van der Waals surface area contributed by atoms with Crippen LogP contribution in [-0.2, 0) is 0 Å². The van der Waals surface area contributed by atoms with Crippen molar-refractivity contribution in [2.75, 3.05) is 0 Å². The van der Waals surface area contributed by atoms with Crippen LogP contribution in [0.2, 0.25) is 0 Å². The summed E-state index contributed by atoms with van der Waals surface area (Å²) in [5.41, 5.74) is 2.37. The van der Waals surface area contributed by atoms with Gasteiger partial charge in [0, 0.05) is 16.4 Å². The number of hydrogen-bond donors (Lipinski definition) is 2. The third-order valence-electron chi connectivity index (χ3n) is 3.74. The summed E-state index contributed by atoms with van der Waals surface area (Å²) in [5.74, 6) is -0.179. The number of imidazole rings is 1. The van der Waals surface area contributed by atoms with E-state index >= 15 is 0 Å². The second-order valence-electron chi connectivity index (χ2n) is 5.40. The Hall–Kier alpha value is -2.18. The number of nitrogens with one attached hydrogen (secondary N) is 2. The molecule has 4 nitrogen and oxygen atoms in total. The van der Waals surface area contributed by atoms with Crippen LogP contribution in [0, 0.1) is 4.77 Å². The number of hydrogen-bond acceptors (Lipinski definition) is 2. The molecular formula is C18H16BrN3OS. The Morgan fingerprint density at radius 3 is 2.50 bits per heavy atom. The lowest BCUT2D eigenvalue weighted by atomic mass is 10.1. The second kappa shape index (κ2) is 7.15. The molecule has 0 fully saturated rings. The van der Waals surface area contributed by atoms with E-state index in [9.17, 15) is 4.79 Å². The molecular weight excluding hydrogens is 386 g/mol. The molecule has 0 bridgehead atoms. The van der Waals surface area contributed by atoms with Crippen molar-refractivity contribution >= 4 is 34.1 Å². The molecule has 3 rings (SSSR count). The van der Waals surface area contributed by atoms with Crippen LogP contribution in [0.4, 0.5) is 0 Å². The predicted molar refractivity (Wildman–Crippen MR) is 101 cm³/mol. The molecule has 0 saturated carbocycles. The first-order chi connectivity index (χ1) is 11.6. The largest absolute Gasteiger partial charge is 0.344 e. The van der Waals surface area contributed by atoms with Gasteiger partial charge in [-0.15, -0.1) is 0 Å². The first kappa shape index (κ1) is 16.7. The van der Waals surface area contributed by atoms with E-state index in [0.717, 1.165) is 15.7 Å². The van der Waals surface area contributed by atoms with E-state index in [1.54, 1.807) is 10.8 Å². The number of para-hydroxylation sites is 1. The zero-order chi connectivity index (χ0) is 17.1. The number of rotatable bonds is 4. The molecule has 1 unspecified atom stereocenters. The Kier molecular flexibility index (Phi) is 4.97. The van der Waals surface area contributed by atoms with E-state index < -0.39 is 0 Å². The van der Waals surface area contributed by atoms with Crippen molar-refractivity contribution in [2.24, 2.45) is 0 Å². The van der Waals surface area contributed by atoms with Crippen molar-refractivity contribution in [2.45, 2.75) is 13.0 Å². The molecule has 0 radical (unpaired) electrons. The minimum Gasteiger partial charge on any atom is -0.344 e. The van der Waals surface area contributed by atoms with Gasteiger partial charge in [-0.3, -0.25) is 9.36 Å². The molecule has 0 aliphatic heterocycles. The van der Waals surface area contributed by atoms with Crippen LogP contribution in [0.5, 0.6) is 0 Å². The lowest BCUT2D eigenvalue weighted by molar-refractivity contribution is 0.0933. The van der Waals surface area contributed by atoms with Crippen molar-refractivity contribution in [3.8, 4) is 5.69 Å². The van der Waals surface area contributed by atoms with Crippen LogP contribution in [0.1, 0.15) is 29.0 Å². The van der Waals surface area contributed by atoms with Crippen LogP contribution < -0.4 is 5.32 Å². The highest BCUT2D eigenvalue weighted by Gasteiger charge is 2.17. The molecule has 2 aromatic carbocycles. The summed E-state index contributed by atoms with van der Waals surface area (Å²) in [4.78, 5) is 15.6. The highest BCUT2D eigenvalue weighted by atomic mass is 79.9. The Labute approximate surface area is 153 Å². The number of aromatic nitrogens is 2. The third kappa shape index (κ3) is 3.49. The maximum absolute atomic E-state index is 12.7. The van der Waals surface area contributed by atoms with Gasteiger partial charge in [0.1, 0.15) is 5.69 Å². The second-order valence-corrected chi connectivity index (χ2v) is 6.70. The summed E-state index contributed by atoms with van der Waals surface area (Å²) >= 11 is 8.73. The van der Waals surface area contributed by atoms with Gasteiger partial charge in [-0.2, -0.15) is 0 Å². The van der Waals surface area contributed by atoms with Crippen molar-refractivity contribution < 1.29 is 4.79 Å². The number of amides is 1.